The zero-order chi connectivity index (χ0) is 11.5. The Morgan fingerprint density at radius 2 is 2.00 bits per heavy atom. The molecule has 0 saturated heterocycles. The first-order valence-electron chi connectivity index (χ1n) is 6.23. The molecule has 3 atom stereocenters. The quantitative estimate of drug-likeness (QED) is 0.854. The monoisotopic (exact) mass is 235 g/mol. The van der Waals surface area contributed by atoms with Gasteiger partial charge in [0.05, 0.1) is 0 Å². The average Bonchev–Trinajstić information content (AvgIpc) is 2.30. The molecule has 1 nitrogen and oxygen atoms in total. The van der Waals surface area contributed by atoms with E-state index in [2.05, 4.69) is 50.4 Å². The van der Waals surface area contributed by atoms with E-state index in [-0.39, 0.29) is 0 Å². The largest absolute Gasteiger partial charge is 0.310 e. The minimum Gasteiger partial charge on any atom is -0.310 e. The summed E-state index contributed by atoms with van der Waals surface area (Å²) in [6.45, 7) is 8.04. The van der Waals surface area contributed by atoms with Crippen molar-refractivity contribution in [1.29, 1.82) is 0 Å². The third-order valence-corrected chi connectivity index (χ3v) is 4.87. The molecule has 88 valence electrons. The molecule has 0 spiro atoms. The molecule has 2 heteroatoms. The van der Waals surface area contributed by atoms with Crippen molar-refractivity contribution < 1.29 is 0 Å². The first-order valence-corrected chi connectivity index (χ1v) is 7.11. The second-order valence-corrected chi connectivity index (χ2v) is 6.07. The van der Waals surface area contributed by atoms with E-state index in [0.29, 0.717) is 17.2 Å². The van der Waals surface area contributed by atoms with Crippen LogP contribution in [0.4, 0.5) is 0 Å². The highest BCUT2D eigenvalue weighted by Gasteiger charge is 2.31. The van der Waals surface area contributed by atoms with Crippen LogP contribution in [0.3, 0.4) is 0 Å². The second kappa shape index (κ2) is 5.24. The molecule has 1 heterocycles. The Morgan fingerprint density at radius 3 is 2.75 bits per heavy atom. The zero-order valence-electron chi connectivity index (χ0n) is 10.4. The molecule has 1 aliphatic heterocycles. The van der Waals surface area contributed by atoms with Gasteiger partial charge in [-0.1, -0.05) is 39.0 Å². The molecule has 3 unspecified atom stereocenters. The van der Waals surface area contributed by atoms with E-state index in [1.165, 1.54) is 16.9 Å². The van der Waals surface area contributed by atoms with Crippen LogP contribution in [0.2, 0.25) is 0 Å². The molecule has 0 aromatic heterocycles. The fourth-order valence-corrected chi connectivity index (χ4v) is 3.56. The van der Waals surface area contributed by atoms with Crippen LogP contribution in [0.1, 0.15) is 38.8 Å². The van der Waals surface area contributed by atoms with Crippen LogP contribution in [-0.4, -0.2) is 11.8 Å². The Kier molecular flexibility index (Phi) is 3.93. The summed E-state index contributed by atoms with van der Waals surface area (Å²) in [5.74, 6) is 0.700. The van der Waals surface area contributed by atoms with Gasteiger partial charge in [-0.05, 0) is 30.5 Å². The van der Waals surface area contributed by atoms with E-state index >= 15 is 0 Å². The molecular formula is C14H21NS. The normalized spacial score (nSPS) is 28.8. The first-order chi connectivity index (χ1) is 7.74. The summed E-state index contributed by atoms with van der Waals surface area (Å²) in [6, 6.07) is 9.36. The Balaban J connectivity index is 2.26. The average molecular weight is 235 g/mol. The number of thioether (sulfide) groups is 1. The molecule has 0 amide bonds. The SMILES string of the molecule is CCCNC1c2ccccc2SC(C)C1C. The van der Waals surface area contributed by atoms with E-state index in [9.17, 15) is 0 Å². The molecule has 2 rings (SSSR count). The zero-order valence-corrected chi connectivity index (χ0v) is 11.2. The molecule has 16 heavy (non-hydrogen) atoms. The van der Waals surface area contributed by atoms with Crippen molar-refractivity contribution in [2.24, 2.45) is 5.92 Å². The van der Waals surface area contributed by atoms with Crippen molar-refractivity contribution in [3.63, 3.8) is 0 Å². The molecule has 0 radical (unpaired) electrons. The molecule has 1 aromatic rings. The minimum absolute atomic E-state index is 0.535. The molecule has 1 aromatic carbocycles. The van der Waals surface area contributed by atoms with Crippen molar-refractivity contribution >= 4 is 11.8 Å². The second-order valence-electron chi connectivity index (χ2n) is 4.65. The Hall–Kier alpha value is -0.470. The minimum atomic E-state index is 0.535. The number of fused-ring (bicyclic) bond motifs is 1. The molecule has 0 saturated carbocycles. The summed E-state index contributed by atoms with van der Waals surface area (Å²) >= 11 is 2.02. The van der Waals surface area contributed by atoms with E-state index < -0.39 is 0 Å². The predicted octanol–water partition coefficient (Wildman–Crippen LogP) is 3.86. The van der Waals surface area contributed by atoms with Gasteiger partial charge in [-0.15, -0.1) is 11.8 Å². The molecule has 1 N–H and O–H groups in total. The van der Waals surface area contributed by atoms with Crippen LogP contribution in [0.25, 0.3) is 0 Å². The number of hydrogen-bond acceptors (Lipinski definition) is 2. The Bertz CT molecular complexity index is 350. The van der Waals surface area contributed by atoms with Crippen molar-refractivity contribution in [3.05, 3.63) is 29.8 Å². The van der Waals surface area contributed by atoms with Crippen molar-refractivity contribution in [2.75, 3.05) is 6.54 Å². The van der Waals surface area contributed by atoms with Crippen molar-refractivity contribution in [3.8, 4) is 0 Å². The Morgan fingerprint density at radius 1 is 1.25 bits per heavy atom. The van der Waals surface area contributed by atoms with Crippen LogP contribution in [-0.2, 0) is 0 Å². The topological polar surface area (TPSA) is 12.0 Å². The van der Waals surface area contributed by atoms with Gasteiger partial charge in [0, 0.05) is 16.2 Å². The van der Waals surface area contributed by atoms with Crippen LogP contribution in [0, 0.1) is 5.92 Å². The first kappa shape index (κ1) is 12.0. The predicted molar refractivity (Wildman–Crippen MR) is 72.0 cm³/mol. The van der Waals surface area contributed by atoms with Crippen molar-refractivity contribution in [2.45, 2.75) is 43.4 Å². The molecule has 1 aliphatic rings. The van der Waals surface area contributed by atoms with Crippen molar-refractivity contribution in [1.82, 2.24) is 5.32 Å². The van der Waals surface area contributed by atoms with Crippen LogP contribution in [0.15, 0.2) is 29.2 Å². The maximum absolute atomic E-state index is 3.69. The lowest BCUT2D eigenvalue weighted by Gasteiger charge is -2.36. The highest BCUT2D eigenvalue weighted by atomic mass is 32.2. The summed E-state index contributed by atoms with van der Waals surface area (Å²) in [4.78, 5) is 1.46. The maximum Gasteiger partial charge on any atom is 0.0367 e. The lowest BCUT2D eigenvalue weighted by atomic mass is 9.91. The number of nitrogens with one attached hydrogen (secondary N) is 1. The molecule has 0 bridgehead atoms. The van der Waals surface area contributed by atoms with Gasteiger partial charge in [-0.3, -0.25) is 0 Å². The smallest absolute Gasteiger partial charge is 0.0367 e. The summed E-state index contributed by atoms with van der Waals surface area (Å²) in [5, 5.41) is 4.39. The number of rotatable bonds is 3. The van der Waals surface area contributed by atoms with Gasteiger partial charge in [-0.2, -0.15) is 0 Å². The van der Waals surface area contributed by atoms with Gasteiger partial charge in [0.1, 0.15) is 0 Å². The summed E-state index contributed by atoms with van der Waals surface area (Å²) in [7, 11) is 0. The summed E-state index contributed by atoms with van der Waals surface area (Å²) < 4.78 is 0. The van der Waals surface area contributed by atoms with Gasteiger partial charge in [0.25, 0.3) is 0 Å². The number of benzene rings is 1. The van der Waals surface area contributed by atoms with Gasteiger partial charge < -0.3 is 5.32 Å². The summed E-state index contributed by atoms with van der Waals surface area (Å²) in [6.07, 6.45) is 1.20. The third kappa shape index (κ3) is 2.28. The fraction of sp³-hybridized carbons (Fsp3) is 0.571. The van der Waals surface area contributed by atoms with E-state index in [4.69, 9.17) is 0 Å². The van der Waals surface area contributed by atoms with Gasteiger partial charge in [0.2, 0.25) is 0 Å². The standard InChI is InChI=1S/C14H21NS/c1-4-9-15-14-10(2)11(3)16-13-8-6-5-7-12(13)14/h5-8,10-11,14-15H,4,9H2,1-3H3. The summed E-state index contributed by atoms with van der Waals surface area (Å²) in [5.41, 5.74) is 1.49. The third-order valence-electron chi connectivity index (χ3n) is 3.45. The van der Waals surface area contributed by atoms with Gasteiger partial charge in [-0.25, -0.2) is 0 Å². The fourth-order valence-electron chi connectivity index (χ4n) is 2.30. The number of hydrogen-bond donors (Lipinski definition) is 1. The highest BCUT2D eigenvalue weighted by Crippen LogP contribution is 2.43. The van der Waals surface area contributed by atoms with Gasteiger partial charge >= 0.3 is 0 Å². The van der Waals surface area contributed by atoms with Crippen LogP contribution >= 0.6 is 11.8 Å². The van der Waals surface area contributed by atoms with Crippen LogP contribution in [0.5, 0.6) is 0 Å². The maximum atomic E-state index is 3.69. The molecular weight excluding hydrogens is 214 g/mol. The lowest BCUT2D eigenvalue weighted by Crippen LogP contribution is -2.34. The van der Waals surface area contributed by atoms with Crippen LogP contribution < -0.4 is 5.32 Å². The Labute approximate surface area is 103 Å². The highest BCUT2D eigenvalue weighted by molar-refractivity contribution is 8.00. The van der Waals surface area contributed by atoms with Gasteiger partial charge in [0.15, 0.2) is 0 Å². The lowest BCUT2D eigenvalue weighted by molar-refractivity contribution is 0.373. The van der Waals surface area contributed by atoms with E-state index in [1.807, 2.05) is 11.8 Å². The molecule has 0 fully saturated rings. The molecule has 0 aliphatic carbocycles. The van der Waals surface area contributed by atoms with E-state index in [1.54, 1.807) is 0 Å². The van der Waals surface area contributed by atoms with E-state index in [0.717, 1.165) is 6.54 Å².